The molecule has 0 aliphatic rings. The molecule has 0 spiro atoms. The standard InChI is InChI=1S/C19H22N2O4/c1-12-8-9-14(13(2)10-12)21-17(22)11-20-19(23)18-15(24-3)6-5-7-16(18)25-4/h5-10H,11H2,1-4H3,(H,20,23)(H,21,22). The van der Waals surface area contributed by atoms with Crippen LogP contribution in [0.5, 0.6) is 11.5 Å². The maximum atomic E-state index is 12.4. The normalized spacial score (nSPS) is 10.1. The van der Waals surface area contributed by atoms with Gasteiger partial charge in [0.15, 0.2) is 0 Å². The van der Waals surface area contributed by atoms with Gasteiger partial charge in [0.1, 0.15) is 17.1 Å². The zero-order valence-corrected chi connectivity index (χ0v) is 14.8. The Kier molecular flexibility index (Phi) is 6.00. The Hall–Kier alpha value is -3.02. The Bertz CT molecular complexity index is 765. The fraction of sp³-hybridized carbons (Fsp3) is 0.263. The predicted octanol–water partition coefficient (Wildman–Crippen LogP) is 2.69. The summed E-state index contributed by atoms with van der Waals surface area (Å²) >= 11 is 0. The first-order valence-corrected chi connectivity index (χ1v) is 7.82. The second-order valence-electron chi connectivity index (χ2n) is 5.59. The predicted molar refractivity (Wildman–Crippen MR) is 96.4 cm³/mol. The van der Waals surface area contributed by atoms with Gasteiger partial charge in [-0.1, -0.05) is 23.8 Å². The smallest absolute Gasteiger partial charge is 0.259 e. The molecule has 0 bridgehead atoms. The van der Waals surface area contributed by atoms with Gasteiger partial charge in [-0.2, -0.15) is 0 Å². The molecule has 25 heavy (non-hydrogen) atoms. The van der Waals surface area contributed by atoms with Gasteiger partial charge in [0, 0.05) is 5.69 Å². The van der Waals surface area contributed by atoms with E-state index in [1.807, 2.05) is 32.0 Å². The first kappa shape index (κ1) is 18.3. The van der Waals surface area contributed by atoms with Crippen molar-refractivity contribution in [2.45, 2.75) is 13.8 Å². The number of amides is 2. The second-order valence-corrected chi connectivity index (χ2v) is 5.59. The number of hydrogen-bond acceptors (Lipinski definition) is 4. The lowest BCUT2D eigenvalue weighted by atomic mass is 10.1. The van der Waals surface area contributed by atoms with Crippen molar-refractivity contribution in [3.8, 4) is 11.5 Å². The molecular weight excluding hydrogens is 320 g/mol. The molecule has 2 rings (SSSR count). The zero-order valence-electron chi connectivity index (χ0n) is 14.8. The van der Waals surface area contributed by atoms with Crippen LogP contribution in [0, 0.1) is 13.8 Å². The third-order valence-electron chi connectivity index (χ3n) is 3.72. The number of nitrogens with one attached hydrogen (secondary N) is 2. The van der Waals surface area contributed by atoms with E-state index in [1.165, 1.54) is 14.2 Å². The van der Waals surface area contributed by atoms with E-state index in [0.29, 0.717) is 11.5 Å². The minimum atomic E-state index is -0.440. The molecule has 0 saturated heterocycles. The van der Waals surface area contributed by atoms with Crippen LogP contribution >= 0.6 is 0 Å². The molecule has 2 N–H and O–H groups in total. The molecular formula is C19H22N2O4. The van der Waals surface area contributed by atoms with Gasteiger partial charge in [0.25, 0.3) is 5.91 Å². The topological polar surface area (TPSA) is 76.7 Å². The van der Waals surface area contributed by atoms with E-state index in [4.69, 9.17) is 9.47 Å². The molecule has 2 amide bonds. The van der Waals surface area contributed by atoms with Crippen molar-refractivity contribution in [2.24, 2.45) is 0 Å². The molecule has 132 valence electrons. The number of methoxy groups -OCH3 is 2. The highest BCUT2D eigenvalue weighted by Crippen LogP contribution is 2.27. The first-order chi connectivity index (χ1) is 12.0. The lowest BCUT2D eigenvalue weighted by Crippen LogP contribution is -2.33. The molecule has 0 saturated carbocycles. The van der Waals surface area contributed by atoms with E-state index >= 15 is 0 Å². The minimum absolute atomic E-state index is 0.159. The van der Waals surface area contributed by atoms with Crippen LogP contribution in [0.25, 0.3) is 0 Å². The number of hydrogen-bond donors (Lipinski definition) is 2. The number of rotatable bonds is 6. The highest BCUT2D eigenvalue weighted by molar-refractivity contribution is 6.02. The number of carbonyl (C=O) groups excluding carboxylic acids is 2. The molecule has 0 radical (unpaired) electrons. The summed E-state index contributed by atoms with van der Waals surface area (Å²) in [6.45, 7) is 3.74. The van der Waals surface area contributed by atoms with Gasteiger partial charge in [-0.25, -0.2) is 0 Å². The zero-order chi connectivity index (χ0) is 18.4. The van der Waals surface area contributed by atoms with Gasteiger partial charge >= 0.3 is 0 Å². The fourth-order valence-corrected chi connectivity index (χ4v) is 2.47. The van der Waals surface area contributed by atoms with Crippen molar-refractivity contribution >= 4 is 17.5 Å². The Morgan fingerprint density at radius 3 is 2.20 bits per heavy atom. The molecule has 2 aromatic carbocycles. The van der Waals surface area contributed by atoms with E-state index in [0.717, 1.165) is 16.8 Å². The summed E-state index contributed by atoms with van der Waals surface area (Å²) in [5, 5.41) is 5.37. The number of benzene rings is 2. The Balaban J connectivity index is 2.04. The summed E-state index contributed by atoms with van der Waals surface area (Å²) < 4.78 is 10.4. The van der Waals surface area contributed by atoms with Crippen molar-refractivity contribution in [3.05, 3.63) is 53.1 Å². The lowest BCUT2D eigenvalue weighted by Gasteiger charge is -2.13. The van der Waals surface area contributed by atoms with Gasteiger partial charge < -0.3 is 20.1 Å². The van der Waals surface area contributed by atoms with Gasteiger partial charge in [-0.15, -0.1) is 0 Å². The summed E-state index contributed by atoms with van der Waals surface area (Å²) in [4.78, 5) is 24.5. The molecule has 0 fully saturated rings. The number of anilines is 1. The lowest BCUT2D eigenvalue weighted by molar-refractivity contribution is -0.115. The van der Waals surface area contributed by atoms with Gasteiger partial charge in [-0.3, -0.25) is 9.59 Å². The monoisotopic (exact) mass is 342 g/mol. The highest BCUT2D eigenvalue weighted by Gasteiger charge is 2.18. The largest absolute Gasteiger partial charge is 0.496 e. The summed E-state index contributed by atoms with van der Waals surface area (Å²) in [7, 11) is 2.94. The highest BCUT2D eigenvalue weighted by atomic mass is 16.5. The average Bonchev–Trinajstić information content (AvgIpc) is 2.61. The molecule has 0 atom stereocenters. The Labute approximate surface area is 147 Å². The molecule has 0 heterocycles. The maximum Gasteiger partial charge on any atom is 0.259 e. The van der Waals surface area contributed by atoms with Crippen LogP contribution in [-0.4, -0.2) is 32.6 Å². The fourth-order valence-electron chi connectivity index (χ4n) is 2.47. The minimum Gasteiger partial charge on any atom is -0.496 e. The quantitative estimate of drug-likeness (QED) is 0.846. The molecule has 0 unspecified atom stereocenters. The Morgan fingerprint density at radius 2 is 1.64 bits per heavy atom. The second kappa shape index (κ2) is 8.19. The van der Waals surface area contributed by atoms with E-state index in [1.54, 1.807) is 18.2 Å². The van der Waals surface area contributed by atoms with Crippen LogP contribution in [0.4, 0.5) is 5.69 Å². The summed E-state index contributed by atoms with van der Waals surface area (Å²) in [6.07, 6.45) is 0. The van der Waals surface area contributed by atoms with Crippen LogP contribution in [-0.2, 0) is 4.79 Å². The average molecular weight is 342 g/mol. The summed E-state index contributed by atoms with van der Waals surface area (Å²) in [5.41, 5.74) is 3.06. The molecule has 6 heteroatoms. The van der Waals surface area contributed by atoms with Crippen molar-refractivity contribution in [2.75, 3.05) is 26.1 Å². The third-order valence-corrected chi connectivity index (χ3v) is 3.72. The van der Waals surface area contributed by atoms with Crippen LogP contribution < -0.4 is 20.1 Å². The van der Waals surface area contributed by atoms with E-state index in [-0.39, 0.29) is 18.0 Å². The summed E-state index contributed by atoms with van der Waals surface area (Å²) in [6, 6.07) is 10.8. The molecule has 6 nitrogen and oxygen atoms in total. The van der Waals surface area contributed by atoms with Gasteiger partial charge in [0.2, 0.25) is 5.91 Å². The molecule has 0 aromatic heterocycles. The van der Waals surface area contributed by atoms with Crippen molar-refractivity contribution in [1.82, 2.24) is 5.32 Å². The van der Waals surface area contributed by atoms with Crippen LogP contribution in [0.3, 0.4) is 0 Å². The third kappa shape index (κ3) is 4.50. The number of carbonyl (C=O) groups is 2. The molecule has 2 aromatic rings. The molecule has 0 aliphatic heterocycles. The van der Waals surface area contributed by atoms with Crippen LogP contribution in [0.1, 0.15) is 21.5 Å². The number of ether oxygens (including phenoxy) is 2. The van der Waals surface area contributed by atoms with E-state index in [9.17, 15) is 9.59 Å². The van der Waals surface area contributed by atoms with Gasteiger partial charge in [-0.05, 0) is 37.6 Å². The summed E-state index contributed by atoms with van der Waals surface area (Å²) in [5.74, 6) is 0.0116. The van der Waals surface area contributed by atoms with Crippen LogP contribution in [0.2, 0.25) is 0 Å². The van der Waals surface area contributed by atoms with E-state index in [2.05, 4.69) is 10.6 Å². The van der Waals surface area contributed by atoms with Crippen molar-refractivity contribution in [3.63, 3.8) is 0 Å². The van der Waals surface area contributed by atoms with Crippen molar-refractivity contribution in [1.29, 1.82) is 0 Å². The SMILES string of the molecule is COc1cccc(OC)c1C(=O)NCC(=O)Nc1ccc(C)cc1C. The molecule has 0 aliphatic carbocycles. The van der Waals surface area contributed by atoms with Crippen LogP contribution in [0.15, 0.2) is 36.4 Å². The van der Waals surface area contributed by atoms with E-state index < -0.39 is 5.91 Å². The van der Waals surface area contributed by atoms with Crippen molar-refractivity contribution < 1.29 is 19.1 Å². The first-order valence-electron chi connectivity index (χ1n) is 7.82. The number of aryl methyl sites for hydroxylation is 2. The Morgan fingerprint density at radius 1 is 1.00 bits per heavy atom. The maximum absolute atomic E-state index is 12.4. The van der Waals surface area contributed by atoms with Gasteiger partial charge in [0.05, 0.1) is 20.8 Å².